The Hall–Kier alpha value is -2.01. The van der Waals surface area contributed by atoms with Gasteiger partial charge in [-0.2, -0.15) is 0 Å². The molecule has 2 N–H and O–H groups in total. The fourth-order valence-corrected chi connectivity index (χ4v) is 2.43. The van der Waals surface area contributed by atoms with E-state index in [0.29, 0.717) is 10.7 Å². The Bertz CT molecular complexity index is 571. The first-order chi connectivity index (χ1) is 9.40. The standard InChI is InChI=1S/C14H16ClN3O2/c1-8-11(13(19)18(2)3)12(17-14(20)16-8)9-5-4-6-10(15)7-9/h4-7,11-12H,1H2,2-3H3,(H2,16,17,20)/t11-,12-/m1/s1. The molecule has 6 heteroatoms. The zero-order chi connectivity index (χ0) is 14.9. The molecule has 3 amide bonds. The van der Waals surface area contributed by atoms with Crippen LogP contribution in [0, 0.1) is 5.92 Å². The number of nitrogens with one attached hydrogen (secondary N) is 2. The molecule has 20 heavy (non-hydrogen) atoms. The van der Waals surface area contributed by atoms with Gasteiger partial charge in [0.15, 0.2) is 0 Å². The lowest BCUT2D eigenvalue weighted by Crippen LogP contribution is -2.52. The van der Waals surface area contributed by atoms with Gasteiger partial charge < -0.3 is 15.5 Å². The molecule has 0 radical (unpaired) electrons. The van der Waals surface area contributed by atoms with Crippen LogP contribution in [0.5, 0.6) is 0 Å². The van der Waals surface area contributed by atoms with E-state index in [1.807, 2.05) is 6.07 Å². The maximum absolute atomic E-state index is 12.3. The van der Waals surface area contributed by atoms with Crippen LogP contribution in [0.25, 0.3) is 0 Å². The summed E-state index contributed by atoms with van der Waals surface area (Å²) in [4.78, 5) is 25.4. The van der Waals surface area contributed by atoms with E-state index in [9.17, 15) is 9.59 Å². The molecule has 1 aliphatic rings. The summed E-state index contributed by atoms with van der Waals surface area (Å²) in [5.74, 6) is -0.700. The molecule has 1 aliphatic heterocycles. The maximum Gasteiger partial charge on any atom is 0.319 e. The Balaban J connectivity index is 2.42. The maximum atomic E-state index is 12.3. The molecule has 0 aliphatic carbocycles. The fraction of sp³-hybridized carbons (Fsp3) is 0.286. The molecule has 0 saturated carbocycles. The molecule has 106 valence electrons. The Morgan fingerprint density at radius 1 is 1.40 bits per heavy atom. The fourth-order valence-electron chi connectivity index (χ4n) is 2.23. The van der Waals surface area contributed by atoms with Gasteiger partial charge >= 0.3 is 6.03 Å². The lowest BCUT2D eigenvalue weighted by Gasteiger charge is -2.35. The monoisotopic (exact) mass is 293 g/mol. The van der Waals surface area contributed by atoms with E-state index in [2.05, 4.69) is 17.2 Å². The summed E-state index contributed by atoms with van der Waals surface area (Å²) in [6.45, 7) is 3.80. The number of amides is 3. The predicted molar refractivity (Wildman–Crippen MR) is 77.2 cm³/mol. The number of urea groups is 1. The third-order valence-corrected chi connectivity index (χ3v) is 3.42. The summed E-state index contributed by atoms with van der Waals surface area (Å²) in [6, 6.07) is 6.23. The Kier molecular flexibility index (Phi) is 3.99. The van der Waals surface area contributed by atoms with E-state index in [1.165, 1.54) is 4.90 Å². The van der Waals surface area contributed by atoms with Crippen LogP contribution in [-0.4, -0.2) is 30.9 Å². The van der Waals surface area contributed by atoms with Gasteiger partial charge in [0.2, 0.25) is 5.91 Å². The van der Waals surface area contributed by atoms with Crippen molar-refractivity contribution in [2.45, 2.75) is 6.04 Å². The summed E-state index contributed by atoms with van der Waals surface area (Å²) >= 11 is 5.98. The van der Waals surface area contributed by atoms with Gasteiger partial charge in [0.05, 0.1) is 6.04 Å². The minimum absolute atomic E-state index is 0.132. The van der Waals surface area contributed by atoms with E-state index in [0.717, 1.165) is 5.56 Å². The average molecular weight is 294 g/mol. The number of carbonyl (C=O) groups is 2. The van der Waals surface area contributed by atoms with Crippen LogP contribution in [0.3, 0.4) is 0 Å². The highest BCUT2D eigenvalue weighted by atomic mass is 35.5. The van der Waals surface area contributed by atoms with Crippen LogP contribution in [0.4, 0.5) is 4.79 Å². The number of benzene rings is 1. The number of hydrogen-bond acceptors (Lipinski definition) is 2. The summed E-state index contributed by atoms with van der Waals surface area (Å²) in [5.41, 5.74) is 1.16. The van der Waals surface area contributed by atoms with Gasteiger partial charge in [0.25, 0.3) is 0 Å². The Labute approximate surface area is 122 Å². The SMILES string of the molecule is C=C1NC(=O)N[C@H](c2cccc(Cl)c2)[C@@H]1C(=O)N(C)C. The van der Waals surface area contributed by atoms with Crippen molar-refractivity contribution < 1.29 is 9.59 Å². The summed E-state index contributed by atoms with van der Waals surface area (Å²) < 4.78 is 0. The van der Waals surface area contributed by atoms with Crippen molar-refractivity contribution in [2.75, 3.05) is 14.1 Å². The molecule has 5 nitrogen and oxygen atoms in total. The molecule has 0 spiro atoms. The van der Waals surface area contributed by atoms with Gasteiger partial charge in [-0.3, -0.25) is 4.79 Å². The molecule has 2 atom stereocenters. The number of nitrogens with zero attached hydrogens (tertiary/aromatic N) is 1. The second kappa shape index (κ2) is 5.54. The number of hydrogen-bond donors (Lipinski definition) is 2. The van der Waals surface area contributed by atoms with E-state index in [-0.39, 0.29) is 11.9 Å². The smallest absolute Gasteiger partial charge is 0.319 e. The van der Waals surface area contributed by atoms with Crippen LogP contribution < -0.4 is 10.6 Å². The van der Waals surface area contributed by atoms with Gasteiger partial charge in [-0.15, -0.1) is 0 Å². The predicted octanol–water partition coefficient (Wildman–Crippen LogP) is 1.91. The molecular formula is C14H16ClN3O2. The van der Waals surface area contributed by atoms with E-state index >= 15 is 0 Å². The van der Waals surface area contributed by atoms with Crippen molar-refractivity contribution in [1.82, 2.24) is 15.5 Å². The van der Waals surface area contributed by atoms with Crippen LogP contribution in [0.15, 0.2) is 36.5 Å². The second-order valence-corrected chi connectivity index (χ2v) is 5.30. The average Bonchev–Trinajstić information content (AvgIpc) is 2.37. The molecule has 1 heterocycles. The zero-order valence-electron chi connectivity index (χ0n) is 11.3. The van der Waals surface area contributed by atoms with Crippen molar-refractivity contribution in [3.63, 3.8) is 0 Å². The third-order valence-electron chi connectivity index (χ3n) is 3.18. The van der Waals surface area contributed by atoms with Crippen molar-refractivity contribution in [3.05, 3.63) is 47.1 Å². The van der Waals surface area contributed by atoms with Crippen LogP contribution in [0.2, 0.25) is 5.02 Å². The Morgan fingerprint density at radius 3 is 2.70 bits per heavy atom. The summed E-state index contributed by atoms with van der Waals surface area (Å²) in [5, 5.41) is 5.87. The van der Waals surface area contributed by atoms with Crippen molar-refractivity contribution in [3.8, 4) is 0 Å². The second-order valence-electron chi connectivity index (χ2n) is 4.87. The molecule has 1 aromatic rings. The van der Waals surface area contributed by atoms with Gasteiger partial charge in [0.1, 0.15) is 5.92 Å². The Morgan fingerprint density at radius 2 is 2.10 bits per heavy atom. The number of halogens is 1. The van der Waals surface area contributed by atoms with Crippen LogP contribution >= 0.6 is 11.6 Å². The normalized spacial score (nSPS) is 21.9. The van der Waals surface area contributed by atoms with E-state index in [1.54, 1.807) is 32.3 Å². The first kappa shape index (κ1) is 14.4. The van der Waals surface area contributed by atoms with E-state index in [4.69, 9.17) is 11.6 Å². The third kappa shape index (κ3) is 2.77. The molecule has 2 rings (SSSR count). The minimum Gasteiger partial charge on any atom is -0.348 e. The highest BCUT2D eigenvalue weighted by molar-refractivity contribution is 6.30. The molecule has 1 fully saturated rings. The van der Waals surface area contributed by atoms with Crippen LogP contribution in [-0.2, 0) is 4.79 Å². The quantitative estimate of drug-likeness (QED) is 0.875. The highest BCUT2D eigenvalue weighted by Crippen LogP contribution is 2.31. The topological polar surface area (TPSA) is 61.4 Å². The lowest BCUT2D eigenvalue weighted by atomic mass is 9.88. The minimum atomic E-state index is -0.568. The molecule has 0 aromatic heterocycles. The zero-order valence-corrected chi connectivity index (χ0v) is 12.1. The highest BCUT2D eigenvalue weighted by Gasteiger charge is 2.38. The van der Waals surface area contributed by atoms with Crippen molar-refractivity contribution in [2.24, 2.45) is 5.92 Å². The summed E-state index contributed by atoms with van der Waals surface area (Å²) in [6.07, 6.45) is 0. The van der Waals surface area contributed by atoms with E-state index < -0.39 is 12.0 Å². The summed E-state index contributed by atoms with van der Waals surface area (Å²) in [7, 11) is 3.34. The molecule has 0 bridgehead atoms. The number of carbonyl (C=O) groups excluding carboxylic acids is 2. The molecule has 0 unspecified atom stereocenters. The lowest BCUT2D eigenvalue weighted by molar-refractivity contribution is -0.132. The largest absolute Gasteiger partial charge is 0.348 e. The molecular weight excluding hydrogens is 278 g/mol. The van der Waals surface area contributed by atoms with Gasteiger partial charge in [-0.1, -0.05) is 30.3 Å². The molecule has 1 saturated heterocycles. The van der Waals surface area contributed by atoms with Crippen LogP contribution in [0.1, 0.15) is 11.6 Å². The van der Waals surface area contributed by atoms with Crippen molar-refractivity contribution in [1.29, 1.82) is 0 Å². The van der Waals surface area contributed by atoms with Gasteiger partial charge in [-0.05, 0) is 17.7 Å². The first-order valence-corrected chi connectivity index (χ1v) is 6.51. The van der Waals surface area contributed by atoms with Gasteiger partial charge in [-0.25, -0.2) is 4.79 Å². The van der Waals surface area contributed by atoms with Gasteiger partial charge in [0, 0.05) is 24.8 Å². The number of rotatable bonds is 2. The van der Waals surface area contributed by atoms with Crippen molar-refractivity contribution >= 4 is 23.5 Å². The first-order valence-electron chi connectivity index (χ1n) is 6.13. The molecule has 1 aromatic carbocycles.